The highest BCUT2D eigenvalue weighted by Crippen LogP contribution is 2.42. The van der Waals surface area contributed by atoms with Crippen molar-refractivity contribution in [2.24, 2.45) is 5.41 Å². The predicted molar refractivity (Wildman–Crippen MR) is 131 cm³/mol. The molecular weight excluding hydrogens is 434 g/mol. The molecule has 172 valence electrons. The van der Waals surface area contributed by atoms with E-state index < -0.39 is 10.3 Å². The average Bonchev–Trinajstić information content (AvgIpc) is 3.16. The van der Waals surface area contributed by atoms with Gasteiger partial charge in [-0.2, -0.15) is 13.2 Å². The van der Waals surface area contributed by atoms with Gasteiger partial charge in [-0.1, -0.05) is 71.0 Å². The SMILES string of the molecule is CC(C)(C)CC(C)(C)c1cc(-c2ccccc2)c(O)c(-n2nc3c(=S(=O)=O)cccc-3[nH]2)c1. The zero-order chi connectivity index (χ0) is 24.0. The first-order valence-electron chi connectivity index (χ1n) is 10.9. The van der Waals surface area contributed by atoms with Crippen LogP contribution in [0.25, 0.3) is 28.2 Å². The lowest BCUT2D eigenvalue weighted by Gasteiger charge is -2.33. The van der Waals surface area contributed by atoms with E-state index in [0.29, 0.717) is 22.6 Å². The predicted octanol–water partition coefficient (Wildman–Crippen LogP) is 5.80. The number of nitrogens with one attached hydrogen (secondary N) is 1. The number of hydrogen-bond donors (Lipinski definition) is 2. The van der Waals surface area contributed by atoms with Gasteiger partial charge in [-0.05, 0) is 52.6 Å². The Morgan fingerprint density at radius 1 is 0.970 bits per heavy atom. The second-order valence-corrected chi connectivity index (χ2v) is 11.2. The third kappa shape index (κ3) is 4.59. The number of aromatic hydroxyl groups is 1. The quantitative estimate of drug-likeness (QED) is 0.374. The Hall–Kier alpha value is -3.32. The molecule has 2 aliphatic rings. The first kappa shape index (κ1) is 22.9. The summed E-state index contributed by atoms with van der Waals surface area (Å²) in [5, 5.41) is 19.0. The lowest BCUT2D eigenvalue weighted by atomic mass is 9.72. The van der Waals surface area contributed by atoms with E-state index in [1.165, 1.54) is 10.9 Å². The summed E-state index contributed by atoms with van der Waals surface area (Å²) in [6, 6.07) is 18.6. The molecule has 4 rings (SSSR count). The molecule has 6 nitrogen and oxygen atoms in total. The zero-order valence-electron chi connectivity index (χ0n) is 19.5. The van der Waals surface area contributed by atoms with Crippen molar-refractivity contribution in [3.63, 3.8) is 0 Å². The summed E-state index contributed by atoms with van der Waals surface area (Å²) in [6.07, 6.45) is 0.933. The maximum absolute atomic E-state index is 11.7. The van der Waals surface area contributed by atoms with Crippen LogP contribution in [-0.4, -0.2) is 28.5 Å². The van der Waals surface area contributed by atoms with Crippen molar-refractivity contribution in [1.82, 2.24) is 15.0 Å². The average molecular weight is 464 g/mol. The van der Waals surface area contributed by atoms with Crippen LogP contribution in [0, 0.1) is 9.93 Å². The summed E-state index contributed by atoms with van der Waals surface area (Å²) in [6.45, 7) is 11.0. The van der Waals surface area contributed by atoms with Crippen LogP contribution < -0.4 is 0 Å². The minimum absolute atomic E-state index is 0.0744. The smallest absolute Gasteiger partial charge is 0.223 e. The summed E-state index contributed by atoms with van der Waals surface area (Å²) in [4.78, 5) is 1.46. The molecule has 2 aromatic rings. The summed E-state index contributed by atoms with van der Waals surface area (Å²) < 4.78 is 23.5. The number of fused-ring (bicyclic) bond motifs is 1. The topological polar surface area (TPSA) is 88.0 Å². The van der Waals surface area contributed by atoms with Gasteiger partial charge in [-0.3, -0.25) is 5.10 Å². The normalized spacial score (nSPS) is 12.3. The van der Waals surface area contributed by atoms with Gasteiger partial charge >= 0.3 is 0 Å². The number of nitrogens with zero attached hydrogens (tertiary/aromatic N) is 2. The Morgan fingerprint density at radius 2 is 1.67 bits per heavy atom. The standard InChI is InChI=1S/C26H29N3O3S/c1-25(2,3)16-26(4,5)18-14-19(17-10-7-6-8-11-17)24(30)21(15-18)29-27-20-12-9-13-22(33(31)32)23(20)28-29/h6-15,27,30H,16H2,1-5H3. The van der Waals surface area contributed by atoms with Gasteiger partial charge in [-0.15, -0.1) is 5.10 Å². The van der Waals surface area contributed by atoms with Crippen LogP contribution in [0.4, 0.5) is 0 Å². The van der Waals surface area contributed by atoms with E-state index in [0.717, 1.165) is 17.5 Å². The molecule has 1 aliphatic carbocycles. The van der Waals surface area contributed by atoms with E-state index in [2.05, 4.69) is 44.8 Å². The minimum Gasteiger partial charge on any atom is -0.505 e. The van der Waals surface area contributed by atoms with Crippen molar-refractivity contribution >= 4 is 10.3 Å². The second kappa shape index (κ2) is 8.23. The number of aromatic nitrogens is 3. The van der Waals surface area contributed by atoms with Crippen LogP contribution in [0.3, 0.4) is 0 Å². The highest BCUT2D eigenvalue weighted by Gasteiger charge is 2.29. The van der Waals surface area contributed by atoms with Crippen LogP contribution in [0.2, 0.25) is 0 Å². The molecule has 33 heavy (non-hydrogen) atoms. The summed E-state index contributed by atoms with van der Waals surface area (Å²) >= 11 is 0. The molecule has 2 aromatic carbocycles. The van der Waals surface area contributed by atoms with Crippen molar-refractivity contribution < 1.29 is 13.5 Å². The summed E-state index contributed by atoms with van der Waals surface area (Å²) in [7, 11) is -2.42. The fourth-order valence-corrected chi connectivity index (χ4v) is 5.14. The molecule has 0 spiro atoms. The van der Waals surface area contributed by atoms with E-state index in [-0.39, 0.29) is 21.1 Å². The molecule has 0 saturated carbocycles. The van der Waals surface area contributed by atoms with Crippen molar-refractivity contribution in [3.05, 3.63) is 70.7 Å². The Morgan fingerprint density at radius 3 is 2.30 bits per heavy atom. The lowest BCUT2D eigenvalue weighted by molar-refractivity contribution is 0.284. The minimum atomic E-state index is -2.42. The third-order valence-corrected chi connectivity index (χ3v) is 6.45. The van der Waals surface area contributed by atoms with E-state index in [1.807, 2.05) is 42.5 Å². The van der Waals surface area contributed by atoms with Crippen LogP contribution in [-0.2, 0) is 15.7 Å². The maximum atomic E-state index is 11.7. The number of phenolic OH excluding ortho intramolecular Hbond substituents is 1. The zero-order valence-corrected chi connectivity index (χ0v) is 20.4. The van der Waals surface area contributed by atoms with Crippen molar-refractivity contribution in [3.8, 4) is 34.0 Å². The van der Waals surface area contributed by atoms with Gasteiger partial charge in [0.1, 0.15) is 15.9 Å². The van der Waals surface area contributed by atoms with Gasteiger partial charge in [-0.25, -0.2) is 0 Å². The van der Waals surface area contributed by atoms with Gasteiger partial charge in [0.2, 0.25) is 10.3 Å². The van der Waals surface area contributed by atoms with Gasteiger partial charge in [0.05, 0.1) is 5.69 Å². The Bertz CT molecular complexity index is 1450. The van der Waals surface area contributed by atoms with Crippen molar-refractivity contribution in [2.75, 3.05) is 0 Å². The number of rotatable bonds is 4. The molecule has 0 fully saturated rings. The summed E-state index contributed by atoms with van der Waals surface area (Å²) in [5.41, 5.74) is 3.93. The first-order chi connectivity index (χ1) is 15.5. The molecule has 0 unspecified atom stereocenters. The highest BCUT2D eigenvalue weighted by atomic mass is 32.2. The molecule has 0 amide bonds. The molecular formula is C26H29N3O3S. The van der Waals surface area contributed by atoms with Crippen molar-refractivity contribution in [2.45, 2.75) is 46.5 Å². The van der Waals surface area contributed by atoms with Gasteiger partial charge in [0.15, 0.2) is 5.75 Å². The van der Waals surface area contributed by atoms with E-state index in [1.54, 1.807) is 12.1 Å². The molecule has 2 N–H and O–H groups in total. The molecule has 0 saturated heterocycles. The van der Waals surface area contributed by atoms with Crippen LogP contribution >= 0.6 is 0 Å². The van der Waals surface area contributed by atoms with E-state index in [9.17, 15) is 13.5 Å². The highest BCUT2D eigenvalue weighted by molar-refractivity contribution is 7.64. The molecule has 0 aromatic heterocycles. The van der Waals surface area contributed by atoms with Gasteiger partial charge < -0.3 is 5.11 Å². The van der Waals surface area contributed by atoms with Crippen molar-refractivity contribution in [1.29, 1.82) is 0 Å². The lowest BCUT2D eigenvalue weighted by Crippen LogP contribution is -2.25. The number of aromatic amines is 1. The van der Waals surface area contributed by atoms with Crippen LogP contribution in [0.1, 0.15) is 46.6 Å². The second-order valence-electron chi connectivity index (χ2n) is 10.3. The number of benzene rings is 3. The Balaban J connectivity index is 2.01. The molecule has 0 bridgehead atoms. The van der Waals surface area contributed by atoms with E-state index >= 15 is 0 Å². The molecule has 1 aliphatic heterocycles. The Kier molecular flexibility index (Phi) is 5.70. The number of phenols is 1. The largest absolute Gasteiger partial charge is 0.505 e. The molecule has 0 atom stereocenters. The van der Waals surface area contributed by atoms with Crippen LogP contribution in [0.15, 0.2) is 60.7 Å². The molecule has 0 radical (unpaired) electrons. The fourth-order valence-electron chi connectivity index (χ4n) is 4.64. The maximum Gasteiger partial charge on any atom is 0.223 e. The summed E-state index contributed by atoms with van der Waals surface area (Å²) in [5.74, 6) is 0.0744. The van der Waals surface area contributed by atoms with Crippen LogP contribution in [0.5, 0.6) is 5.75 Å². The molecule has 1 heterocycles. The molecule has 7 heteroatoms. The monoisotopic (exact) mass is 463 g/mol. The van der Waals surface area contributed by atoms with Gasteiger partial charge in [0, 0.05) is 5.56 Å². The third-order valence-electron chi connectivity index (χ3n) is 5.76. The number of H-pyrrole nitrogens is 1. The van der Waals surface area contributed by atoms with Gasteiger partial charge in [0.25, 0.3) is 0 Å². The number of hydrogen-bond acceptors (Lipinski definition) is 4. The fraction of sp³-hybridized carbons (Fsp3) is 0.308. The van der Waals surface area contributed by atoms with E-state index in [4.69, 9.17) is 0 Å². The first-order valence-corrected chi connectivity index (χ1v) is 12.0. The Labute approximate surface area is 195 Å².